The Kier molecular flexibility index (Phi) is 5.21. The second kappa shape index (κ2) is 7.59. The maximum absolute atomic E-state index is 13.2. The molecule has 3 aromatic rings. The maximum Gasteiger partial charge on any atom is 0.418 e. The number of anilines is 3. The van der Waals surface area contributed by atoms with Crippen LogP contribution in [-0.2, 0) is 6.18 Å². The Bertz CT molecular complexity index is 1010. The fourth-order valence-electron chi connectivity index (χ4n) is 2.26. The zero-order chi connectivity index (χ0) is 20.3. The van der Waals surface area contributed by atoms with Gasteiger partial charge in [-0.2, -0.15) is 13.2 Å². The molecule has 0 saturated heterocycles. The highest BCUT2D eigenvalue weighted by Gasteiger charge is 2.33. The van der Waals surface area contributed by atoms with Crippen molar-refractivity contribution < 1.29 is 26.7 Å². The highest BCUT2D eigenvalue weighted by atomic mass is 19.4. The number of benzene rings is 2. The Morgan fingerprint density at radius 3 is 2.32 bits per heavy atom. The summed E-state index contributed by atoms with van der Waals surface area (Å²) in [6.45, 7) is 0. The summed E-state index contributed by atoms with van der Waals surface area (Å²) < 4.78 is 65.0. The van der Waals surface area contributed by atoms with Gasteiger partial charge in [0.2, 0.25) is 0 Å². The molecule has 28 heavy (non-hydrogen) atoms. The van der Waals surface area contributed by atoms with E-state index in [0.717, 1.165) is 36.7 Å². The summed E-state index contributed by atoms with van der Waals surface area (Å²) in [6.07, 6.45) is -2.46. The number of carbonyl (C=O) groups excluding carboxylic acids is 1. The third-order valence-electron chi connectivity index (χ3n) is 3.56. The van der Waals surface area contributed by atoms with E-state index in [9.17, 15) is 26.7 Å². The molecule has 5 nitrogen and oxygen atoms in total. The van der Waals surface area contributed by atoms with Crippen LogP contribution in [0.4, 0.5) is 39.1 Å². The van der Waals surface area contributed by atoms with Crippen LogP contribution in [0.25, 0.3) is 0 Å². The molecule has 2 N–H and O–H groups in total. The van der Waals surface area contributed by atoms with Crippen LogP contribution < -0.4 is 10.6 Å². The van der Waals surface area contributed by atoms with E-state index in [4.69, 9.17) is 0 Å². The highest BCUT2D eigenvalue weighted by molar-refractivity contribution is 6.03. The molecule has 1 amide bonds. The molecule has 3 rings (SSSR count). The van der Waals surface area contributed by atoms with Crippen molar-refractivity contribution in [2.45, 2.75) is 6.18 Å². The van der Waals surface area contributed by atoms with E-state index in [0.29, 0.717) is 0 Å². The summed E-state index contributed by atoms with van der Waals surface area (Å²) >= 11 is 0. The lowest BCUT2D eigenvalue weighted by Gasteiger charge is -2.13. The zero-order valence-electron chi connectivity index (χ0n) is 13.9. The Morgan fingerprint density at radius 2 is 1.68 bits per heavy atom. The second-order valence-electron chi connectivity index (χ2n) is 5.54. The third-order valence-corrected chi connectivity index (χ3v) is 3.56. The molecule has 1 aromatic heterocycles. The smallest absolute Gasteiger partial charge is 0.339 e. The van der Waals surface area contributed by atoms with E-state index in [1.807, 2.05) is 0 Å². The number of carbonyl (C=O) groups is 1. The Hall–Kier alpha value is -3.56. The minimum atomic E-state index is -4.63. The molecule has 0 aliphatic carbocycles. The molecule has 1 heterocycles. The van der Waals surface area contributed by atoms with Crippen LogP contribution in [0.2, 0.25) is 0 Å². The van der Waals surface area contributed by atoms with Gasteiger partial charge in [-0.15, -0.1) is 0 Å². The Morgan fingerprint density at radius 1 is 0.929 bits per heavy atom. The van der Waals surface area contributed by atoms with Gasteiger partial charge in [0.25, 0.3) is 5.91 Å². The average molecular weight is 394 g/mol. The van der Waals surface area contributed by atoms with Gasteiger partial charge in [0.1, 0.15) is 11.5 Å². The zero-order valence-corrected chi connectivity index (χ0v) is 13.9. The van der Waals surface area contributed by atoms with Gasteiger partial charge >= 0.3 is 6.18 Å². The molecule has 0 unspecified atom stereocenters. The molecule has 0 spiro atoms. The molecule has 0 aliphatic heterocycles. The van der Waals surface area contributed by atoms with Gasteiger partial charge in [-0.3, -0.25) is 4.79 Å². The largest absolute Gasteiger partial charge is 0.418 e. The Labute approximate surface area is 155 Å². The monoisotopic (exact) mass is 394 g/mol. The van der Waals surface area contributed by atoms with Gasteiger partial charge in [-0.1, -0.05) is 12.1 Å². The standard InChI is InChI=1S/C18H11F5N4O/c19-12-6-5-10(7-13(12)20)26-16-9-24-15(8-25-16)17(28)27-14-4-2-1-3-11(14)18(21,22)23/h1-9H,(H,25,26)(H,27,28). The van der Waals surface area contributed by atoms with Crippen LogP contribution in [0.3, 0.4) is 0 Å². The number of alkyl halides is 3. The van der Waals surface area contributed by atoms with Crippen molar-refractivity contribution in [1.82, 2.24) is 9.97 Å². The van der Waals surface area contributed by atoms with Crippen molar-refractivity contribution in [3.05, 3.63) is 77.8 Å². The molecule has 10 heteroatoms. The summed E-state index contributed by atoms with van der Waals surface area (Å²) in [5, 5.41) is 4.80. The molecular formula is C18H11F5N4O. The molecule has 0 atom stereocenters. The van der Waals surface area contributed by atoms with E-state index < -0.39 is 35.0 Å². The van der Waals surface area contributed by atoms with E-state index >= 15 is 0 Å². The van der Waals surface area contributed by atoms with E-state index in [-0.39, 0.29) is 17.2 Å². The minimum Gasteiger partial charge on any atom is -0.339 e. The number of amides is 1. The fraction of sp³-hybridized carbons (Fsp3) is 0.0556. The average Bonchev–Trinajstić information content (AvgIpc) is 2.65. The summed E-state index contributed by atoms with van der Waals surface area (Å²) in [6, 6.07) is 7.62. The number of hydrogen-bond donors (Lipinski definition) is 2. The number of para-hydroxylation sites is 1. The summed E-state index contributed by atoms with van der Waals surface area (Å²) in [5.41, 5.74) is -1.43. The quantitative estimate of drug-likeness (QED) is 0.626. The van der Waals surface area contributed by atoms with E-state index in [1.54, 1.807) is 0 Å². The lowest BCUT2D eigenvalue weighted by Crippen LogP contribution is -2.18. The molecule has 0 aliphatic rings. The number of halogens is 5. The van der Waals surface area contributed by atoms with Crippen LogP contribution in [0.15, 0.2) is 54.9 Å². The van der Waals surface area contributed by atoms with Crippen molar-refractivity contribution in [2.75, 3.05) is 10.6 Å². The number of nitrogens with zero attached hydrogens (tertiary/aromatic N) is 2. The lowest BCUT2D eigenvalue weighted by atomic mass is 10.1. The molecule has 0 fully saturated rings. The van der Waals surface area contributed by atoms with Gasteiger partial charge in [-0.05, 0) is 24.3 Å². The van der Waals surface area contributed by atoms with Gasteiger partial charge in [0, 0.05) is 11.8 Å². The second-order valence-corrected chi connectivity index (χ2v) is 5.54. The van der Waals surface area contributed by atoms with Crippen LogP contribution in [0.5, 0.6) is 0 Å². The highest BCUT2D eigenvalue weighted by Crippen LogP contribution is 2.34. The number of nitrogens with one attached hydrogen (secondary N) is 2. The van der Waals surface area contributed by atoms with Crippen molar-refractivity contribution >= 4 is 23.1 Å². The van der Waals surface area contributed by atoms with Gasteiger partial charge < -0.3 is 10.6 Å². The van der Waals surface area contributed by atoms with E-state index in [1.165, 1.54) is 18.2 Å². The molecule has 144 valence electrons. The van der Waals surface area contributed by atoms with Gasteiger partial charge in [0.05, 0.1) is 23.6 Å². The van der Waals surface area contributed by atoms with Crippen molar-refractivity contribution in [1.29, 1.82) is 0 Å². The maximum atomic E-state index is 13.2. The summed E-state index contributed by atoms with van der Waals surface area (Å²) in [5.74, 6) is -2.83. The molecule has 0 saturated carbocycles. The predicted molar refractivity (Wildman–Crippen MR) is 91.1 cm³/mol. The minimum absolute atomic E-state index is 0.123. The number of aromatic nitrogens is 2. The predicted octanol–water partition coefficient (Wildman–Crippen LogP) is 4.77. The summed E-state index contributed by atoms with van der Waals surface area (Å²) in [4.78, 5) is 19.9. The SMILES string of the molecule is O=C(Nc1ccccc1C(F)(F)F)c1cnc(Nc2ccc(F)c(F)c2)cn1. The van der Waals surface area contributed by atoms with Crippen LogP contribution in [-0.4, -0.2) is 15.9 Å². The molecule has 0 bridgehead atoms. The molecular weight excluding hydrogens is 383 g/mol. The van der Waals surface area contributed by atoms with Crippen LogP contribution in [0, 0.1) is 11.6 Å². The van der Waals surface area contributed by atoms with E-state index in [2.05, 4.69) is 20.6 Å². The van der Waals surface area contributed by atoms with Crippen LogP contribution in [0.1, 0.15) is 16.1 Å². The van der Waals surface area contributed by atoms with Gasteiger partial charge in [0.15, 0.2) is 11.6 Å². The van der Waals surface area contributed by atoms with Crippen molar-refractivity contribution in [3.63, 3.8) is 0 Å². The first-order chi connectivity index (χ1) is 13.2. The normalized spacial score (nSPS) is 11.2. The lowest BCUT2D eigenvalue weighted by molar-refractivity contribution is -0.136. The Balaban J connectivity index is 1.73. The fourth-order valence-corrected chi connectivity index (χ4v) is 2.26. The summed E-state index contributed by atoms with van der Waals surface area (Å²) in [7, 11) is 0. The van der Waals surface area contributed by atoms with Gasteiger partial charge in [-0.25, -0.2) is 18.7 Å². The molecule has 2 aromatic carbocycles. The third kappa shape index (κ3) is 4.40. The van der Waals surface area contributed by atoms with Crippen molar-refractivity contribution in [2.24, 2.45) is 0 Å². The first kappa shape index (κ1) is 19.2. The first-order valence-corrected chi connectivity index (χ1v) is 7.76. The number of hydrogen-bond acceptors (Lipinski definition) is 4. The molecule has 0 radical (unpaired) electrons. The van der Waals surface area contributed by atoms with Crippen molar-refractivity contribution in [3.8, 4) is 0 Å². The topological polar surface area (TPSA) is 66.9 Å². The first-order valence-electron chi connectivity index (χ1n) is 7.76. The van der Waals surface area contributed by atoms with Crippen LogP contribution >= 0.6 is 0 Å². The number of rotatable bonds is 4.